The fourth-order valence-corrected chi connectivity index (χ4v) is 3.57. The van der Waals surface area contributed by atoms with Crippen LogP contribution in [0.15, 0.2) is 24.3 Å². The van der Waals surface area contributed by atoms with Gasteiger partial charge in [-0.1, -0.05) is 0 Å². The molecule has 17 heavy (non-hydrogen) atoms. The SMILES string of the molecule is CN(CCCl)Cc1cc2cc(I)ccc2s1.Cl. The van der Waals surface area contributed by atoms with Crippen molar-refractivity contribution in [3.63, 3.8) is 0 Å². The summed E-state index contributed by atoms with van der Waals surface area (Å²) in [5, 5.41) is 1.35. The monoisotopic (exact) mass is 401 g/mol. The summed E-state index contributed by atoms with van der Waals surface area (Å²) in [6.45, 7) is 1.93. The van der Waals surface area contributed by atoms with Gasteiger partial charge in [0, 0.05) is 32.1 Å². The van der Waals surface area contributed by atoms with E-state index in [2.05, 4.69) is 58.8 Å². The third kappa shape index (κ3) is 4.24. The zero-order valence-electron chi connectivity index (χ0n) is 9.45. The predicted molar refractivity (Wildman–Crippen MR) is 88.8 cm³/mol. The molecule has 0 spiro atoms. The Balaban J connectivity index is 0.00000144. The van der Waals surface area contributed by atoms with Gasteiger partial charge in [0.1, 0.15) is 0 Å². The van der Waals surface area contributed by atoms with Gasteiger partial charge in [-0.15, -0.1) is 35.3 Å². The van der Waals surface area contributed by atoms with Crippen LogP contribution in [-0.4, -0.2) is 24.4 Å². The Hall–Kier alpha value is 0.450. The summed E-state index contributed by atoms with van der Waals surface area (Å²) in [6.07, 6.45) is 0. The summed E-state index contributed by atoms with van der Waals surface area (Å²) >= 11 is 9.95. The predicted octanol–water partition coefficient (Wildman–Crippen LogP) is 4.60. The minimum atomic E-state index is 0. The van der Waals surface area contributed by atoms with Crippen molar-refractivity contribution in [3.8, 4) is 0 Å². The van der Waals surface area contributed by atoms with Crippen LogP contribution < -0.4 is 0 Å². The normalized spacial score (nSPS) is 10.8. The fourth-order valence-electron chi connectivity index (χ4n) is 1.64. The van der Waals surface area contributed by atoms with Gasteiger partial charge in [-0.05, 0) is 59.3 Å². The maximum Gasteiger partial charge on any atom is 0.0351 e. The van der Waals surface area contributed by atoms with E-state index in [4.69, 9.17) is 11.6 Å². The molecule has 0 saturated carbocycles. The number of nitrogens with zero attached hydrogens (tertiary/aromatic N) is 1. The van der Waals surface area contributed by atoms with Crippen molar-refractivity contribution in [2.45, 2.75) is 6.54 Å². The van der Waals surface area contributed by atoms with Crippen LogP contribution >= 0.6 is 57.9 Å². The second kappa shape index (κ2) is 7.14. The van der Waals surface area contributed by atoms with Gasteiger partial charge in [0.15, 0.2) is 0 Å². The Morgan fingerprint density at radius 2 is 2.12 bits per heavy atom. The van der Waals surface area contributed by atoms with E-state index in [0.29, 0.717) is 5.88 Å². The molecule has 1 aromatic carbocycles. The highest BCUT2D eigenvalue weighted by atomic mass is 127. The summed E-state index contributed by atoms with van der Waals surface area (Å²) in [6, 6.07) is 8.88. The number of thiophene rings is 1. The first-order valence-electron chi connectivity index (χ1n) is 5.11. The van der Waals surface area contributed by atoms with Crippen LogP contribution in [0.5, 0.6) is 0 Å². The molecule has 0 aliphatic carbocycles. The summed E-state index contributed by atoms with van der Waals surface area (Å²) in [5.41, 5.74) is 0. The molecule has 0 atom stereocenters. The maximum atomic E-state index is 5.72. The Bertz CT molecular complexity index is 486. The first-order chi connectivity index (χ1) is 7.69. The molecule has 2 rings (SSSR count). The molecule has 0 aliphatic heterocycles. The molecule has 0 amide bonds. The van der Waals surface area contributed by atoms with E-state index in [9.17, 15) is 0 Å². The third-order valence-corrected chi connectivity index (χ3v) is 4.36. The van der Waals surface area contributed by atoms with Gasteiger partial charge in [0.25, 0.3) is 0 Å². The molecule has 1 nitrogen and oxygen atoms in total. The van der Waals surface area contributed by atoms with Crippen LogP contribution in [0, 0.1) is 3.57 Å². The van der Waals surface area contributed by atoms with Gasteiger partial charge < -0.3 is 4.90 Å². The lowest BCUT2D eigenvalue weighted by atomic mass is 10.2. The first-order valence-corrected chi connectivity index (χ1v) is 7.54. The number of rotatable bonds is 4. The number of halogens is 3. The van der Waals surface area contributed by atoms with Crippen LogP contribution in [0.1, 0.15) is 4.88 Å². The lowest BCUT2D eigenvalue weighted by Crippen LogP contribution is -2.19. The van der Waals surface area contributed by atoms with Crippen molar-refractivity contribution in [1.82, 2.24) is 4.90 Å². The Kier molecular flexibility index (Phi) is 6.51. The minimum Gasteiger partial charge on any atom is -0.300 e. The van der Waals surface area contributed by atoms with Crippen LogP contribution in [0.2, 0.25) is 0 Å². The van der Waals surface area contributed by atoms with E-state index in [-0.39, 0.29) is 12.4 Å². The van der Waals surface area contributed by atoms with Gasteiger partial charge in [-0.2, -0.15) is 0 Å². The average Bonchev–Trinajstić information content (AvgIpc) is 2.59. The largest absolute Gasteiger partial charge is 0.300 e. The number of alkyl halides is 1. The third-order valence-electron chi connectivity index (χ3n) is 2.42. The highest BCUT2D eigenvalue weighted by molar-refractivity contribution is 14.1. The van der Waals surface area contributed by atoms with E-state index < -0.39 is 0 Å². The van der Waals surface area contributed by atoms with Crippen molar-refractivity contribution in [3.05, 3.63) is 32.7 Å². The van der Waals surface area contributed by atoms with Crippen LogP contribution in [0.25, 0.3) is 10.1 Å². The highest BCUT2D eigenvalue weighted by Crippen LogP contribution is 2.27. The molecule has 0 bridgehead atoms. The molecule has 2 aromatic rings. The van der Waals surface area contributed by atoms with Gasteiger partial charge in [-0.3, -0.25) is 0 Å². The van der Waals surface area contributed by atoms with Crippen LogP contribution in [-0.2, 0) is 6.54 Å². The lowest BCUT2D eigenvalue weighted by molar-refractivity contribution is 0.351. The Labute approximate surface area is 131 Å². The Morgan fingerprint density at radius 3 is 2.82 bits per heavy atom. The summed E-state index contributed by atoms with van der Waals surface area (Å²) in [5.74, 6) is 0.694. The van der Waals surface area contributed by atoms with Gasteiger partial charge in [0.2, 0.25) is 0 Å². The molecule has 94 valence electrons. The fraction of sp³-hybridized carbons (Fsp3) is 0.333. The number of hydrogen-bond acceptors (Lipinski definition) is 2. The van der Waals surface area contributed by atoms with Gasteiger partial charge >= 0.3 is 0 Å². The van der Waals surface area contributed by atoms with Gasteiger partial charge in [0.05, 0.1) is 0 Å². The molecule has 1 aromatic heterocycles. The quantitative estimate of drug-likeness (QED) is 0.534. The van der Waals surface area contributed by atoms with Gasteiger partial charge in [-0.25, -0.2) is 0 Å². The maximum absolute atomic E-state index is 5.72. The van der Waals surface area contributed by atoms with Crippen molar-refractivity contribution in [1.29, 1.82) is 0 Å². The first kappa shape index (κ1) is 15.5. The van der Waals surface area contributed by atoms with E-state index in [1.54, 1.807) is 0 Å². The van der Waals surface area contributed by atoms with E-state index in [1.165, 1.54) is 18.5 Å². The minimum absolute atomic E-state index is 0. The summed E-state index contributed by atoms with van der Waals surface area (Å²) in [4.78, 5) is 3.66. The zero-order chi connectivity index (χ0) is 11.5. The lowest BCUT2D eigenvalue weighted by Gasteiger charge is -2.12. The van der Waals surface area contributed by atoms with Crippen molar-refractivity contribution in [2.75, 3.05) is 19.5 Å². The molecule has 5 heteroatoms. The molecule has 0 fully saturated rings. The Morgan fingerprint density at radius 1 is 1.35 bits per heavy atom. The molecule has 0 N–H and O–H groups in total. The van der Waals surface area contributed by atoms with Crippen LogP contribution in [0.4, 0.5) is 0 Å². The van der Waals surface area contributed by atoms with Crippen LogP contribution in [0.3, 0.4) is 0 Å². The topological polar surface area (TPSA) is 3.24 Å². The van der Waals surface area contributed by atoms with E-state index in [1.807, 2.05) is 11.3 Å². The van der Waals surface area contributed by atoms with E-state index in [0.717, 1.165) is 13.1 Å². The number of hydrogen-bond donors (Lipinski definition) is 0. The second-order valence-corrected chi connectivity index (χ2v) is 6.61. The molecular formula is C12H14Cl2INS. The summed E-state index contributed by atoms with van der Waals surface area (Å²) < 4.78 is 2.67. The molecular weight excluding hydrogens is 388 g/mol. The standard InChI is InChI=1S/C12H13ClINS.ClH/c1-15(5-4-13)8-11-7-9-6-10(14)2-3-12(9)16-11;/h2-3,6-7H,4-5,8H2,1H3;1H. The molecule has 1 heterocycles. The van der Waals surface area contributed by atoms with Crippen molar-refractivity contribution >= 4 is 68.0 Å². The number of fused-ring (bicyclic) bond motifs is 1. The van der Waals surface area contributed by atoms with Crippen molar-refractivity contribution in [2.24, 2.45) is 0 Å². The second-order valence-electron chi connectivity index (χ2n) is 3.82. The number of benzene rings is 1. The average molecular weight is 402 g/mol. The zero-order valence-corrected chi connectivity index (χ0v) is 14.0. The van der Waals surface area contributed by atoms with E-state index >= 15 is 0 Å². The molecule has 0 unspecified atom stereocenters. The molecule has 0 aliphatic rings. The molecule has 0 radical (unpaired) electrons. The smallest absolute Gasteiger partial charge is 0.0351 e. The summed E-state index contributed by atoms with van der Waals surface area (Å²) in [7, 11) is 2.11. The highest BCUT2D eigenvalue weighted by Gasteiger charge is 2.04. The van der Waals surface area contributed by atoms with Crippen molar-refractivity contribution < 1.29 is 0 Å². The molecule has 0 saturated heterocycles.